The van der Waals surface area contributed by atoms with Crippen molar-refractivity contribution < 1.29 is 0 Å². The van der Waals surface area contributed by atoms with Gasteiger partial charge in [-0.15, -0.1) is 0 Å². The number of likely N-dealkylation sites (tertiary alicyclic amines) is 1. The van der Waals surface area contributed by atoms with Crippen molar-refractivity contribution in [1.82, 2.24) is 29.5 Å². The van der Waals surface area contributed by atoms with Crippen LogP contribution in [0.4, 0.5) is 0 Å². The van der Waals surface area contributed by atoms with Crippen LogP contribution in [0.15, 0.2) is 24.7 Å². The fraction of sp³-hybridized carbons (Fsp3) is 0.474. The van der Waals surface area contributed by atoms with E-state index in [0.717, 1.165) is 48.1 Å². The lowest BCUT2D eigenvalue weighted by atomic mass is 9.94. The van der Waals surface area contributed by atoms with E-state index >= 15 is 0 Å². The van der Waals surface area contributed by atoms with E-state index in [-0.39, 0.29) is 0 Å². The Morgan fingerprint density at radius 1 is 1.08 bits per heavy atom. The minimum atomic E-state index is 0.458. The highest BCUT2D eigenvalue weighted by molar-refractivity contribution is 5.47. The molecule has 0 amide bonds. The van der Waals surface area contributed by atoms with Crippen LogP contribution in [-0.4, -0.2) is 42.6 Å². The van der Waals surface area contributed by atoms with Crippen molar-refractivity contribution in [2.24, 2.45) is 0 Å². The van der Waals surface area contributed by atoms with Crippen molar-refractivity contribution in [3.8, 4) is 0 Å². The Hall–Kier alpha value is -2.34. The van der Waals surface area contributed by atoms with E-state index in [1.165, 1.54) is 18.4 Å². The van der Waals surface area contributed by atoms with Crippen LogP contribution in [0.25, 0.3) is 5.65 Å². The Kier molecular flexibility index (Phi) is 4.21. The maximum Gasteiger partial charge on any atom is 0.159 e. The molecule has 130 valence electrons. The monoisotopic (exact) mass is 336 g/mol. The van der Waals surface area contributed by atoms with E-state index in [1.54, 1.807) is 0 Å². The van der Waals surface area contributed by atoms with Gasteiger partial charge in [-0.05, 0) is 46.2 Å². The van der Waals surface area contributed by atoms with Gasteiger partial charge < -0.3 is 0 Å². The second-order valence-electron chi connectivity index (χ2n) is 7.10. The Morgan fingerprint density at radius 2 is 1.96 bits per heavy atom. The summed E-state index contributed by atoms with van der Waals surface area (Å²) in [6.45, 7) is 9.13. The Balaban J connectivity index is 1.55. The van der Waals surface area contributed by atoms with Crippen molar-refractivity contribution in [3.63, 3.8) is 0 Å². The summed E-state index contributed by atoms with van der Waals surface area (Å²) < 4.78 is 1.94. The lowest BCUT2D eigenvalue weighted by Crippen LogP contribution is -2.34. The molecule has 0 spiro atoms. The molecule has 6 heteroatoms. The maximum absolute atomic E-state index is 4.70. The summed E-state index contributed by atoms with van der Waals surface area (Å²) in [5, 5.41) is 4.52. The number of hydrogen-bond donors (Lipinski definition) is 0. The molecule has 4 heterocycles. The van der Waals surface area contributed by atoms with E-state index < -0.39 is 0 Å². The van der Waals surface area contributed by atoms with Crippen LogP contribution in [0, 0.1) is 20.8 Å². The molecule has 1 fully saturated rings. The first-order valence-electron chi connectivity index (χ1n) is 8.92. The van der Waals surface area contributed by atoms with Gasteiger partial charge in [0.2, 0.25) is 0 Å². The zero-order chi connectivity index (χ0) is 17.4. The standard InChI is InChI=1S/C19H24N6/c1-13-7-15(3)25-19(23-13)17(9-21-25)12-24-6-4-5-16(11-24)18-10-20-8-14(2)22-18/h7-10,16H,4-6,11-12H2,1-3H3. The molecule has 0 bridgehead atoms. The fourth-order valence-corrected chi connectivity index (χ4v) is 3.79. The van der Waals surface area contributed by atoms with Crippen LogP contribution in [0.3, 0.4) is 0 Å². The highest BCUT2D eigenvalue weighted by Crippen LogP contribution is 2.27. The SMILES string of the molecule is Cc1cncc(C2CCCN(Cc3cnn4c(C)cc(C)nc34)C2)n1. The number of piperidine rings is 1. The Labute approximate surface area is 147 Å². The summed E-state index contributed by atoms with van der Waals surface area (Å²) in [6.07, 6.45) is 8.07. The molecule has 0 aliphatic carbocycles. The number of fused-ring (bicyclic) bond motifs is 1. The summed E-state index contributed by atoms with van der Waals surface area (Å²) in [7, 11) is 0. The average Bonchev–Trinajstić information content (AvgIpc) is 2.98. The second kappa shape index (κ2) is 6.52. The van der Waals surface area contributed by atoms with Crippen LogP contribution in [0.2, 0.25) is 0 Å². The lowest BCUT2D eigenvalue weighted by Gasteiger charge is -2.32. The molecule has 0 aromatic carbocycles. The summed E-state index contributed by atoms with van der Waals surface area (Å²) in [5.74, 6) is 0.458. The third-order valence-corrected chi connectivity index (χ3v) is 4.94. The summed E-state index contributed by atoms with van der Waals surface area (Å²) in [4.78, 5) is 16.2. The van der Waals surface area contributed by atoms with E-state index in [2.05, 4.69) is 33.0 Å². The lowest BCUT2D eigenvalue weighted by molar-refractivity contribution is 0.199. The van der Waals surface area contributed by atoms with Gasteiger partial charge in [0.1, 0.15) is 0 Å². The first-order chi connectivity index (χ1) is 12.1. The van der Waals surface area contributed by atoms with Gasteiger partial charge in [-0.2, -0.15) is 5.10 Å². The third-order valence-electron chi connectivity index (χ3n) is 4.94. The fourth-order valence-electron chi connectivity index (χ4n) is 3.79. The Bertz CT molecular complexity index is 900. The van der Waals surface area contributed by atoms with Gasteiger partial charge in [0, 0.05) is 48.4 Å². The summed E-state index contributed by atoms with van der Waals surface area (Å²) in [5.41, 5.74) is 6.46. The molecule has 25 heavy (non-hydrogen) atoms. The highest BCUT2D eigenvalue weighted by Gasteiger charge is 2.24. The molecule has 1 atom stereocenters. The van der Waals surface area contributed by atoms with Crippen molar-refractivity contribution in [3.05, 3.63) is 53.0 Å². The summed E-state index contributed by atoms with van der Waals surface area (Å²) >= 11 is 0. The zero-order valence-electron chi connectivity index (χ0n) is 15.1. The number of aromatic nitrogens is 5. The van der Waals surface area contributed by atoms with Gasteiger partial charge in [-0.3, -0.25) is 14.9 Å². The predicted octanol–water partition coefficient (Wildman–Crippen LogP) is 2.82. The molecule has 4 rings (SSSR count). The van der Waals surface area contributed by atoms with E-state index in [4.69, 9.17) is 4.98 Å². The average molecular weight is 336 g/mol. The molecule has 3 aromatic heterocycles. The van der Waals surface area contributed by atoms with Crippen molar-refractivity contribution in [1.29, 1.82) is 0 Å². The zero-order valence-corrected chi connectivity index (χ0v) is 15.1. The summed E-state index contributed by atoms with van der Waals surface area (Å²) in [6, 6.07) is 2.07. The van der Waals surface area contributed by atoms with Gasteiger partial charge in [0.15, 0.2) is 5.65 Å². The van der Waals surface area contributed by atoms with Crippen LogP contribution in [-0.2, 0) is 6.54 Å². The molecule has 1 aliphatic heterocycles. The third kappa shape index (κ3) is 3.26. The van der Waals surface area contributed by atoms with Gasteiger partial charge in [0.05, 0.1) is 17.6 Å². The molecule has 0 saturated carbocycles. The van der Waals surface area contributed by atoms with Crippen LogP contribution in [0.1, 0.15) is 47.1 Å². The van der Waals surface area contributed by atoms with Crippen LogP contribution in [0.5, 0.6) is 0 Å². The van der Waals surface area contributed by atoms with E-state index in [9.17, 15) is 0 Å². The first-order valence-corrected chi connectivity index (χ1v) is 8.92. The van der Waals surface area contributed by atoms with Gasteiger partial charge in [0.25, 0.3) is 0 Å². The maximum atomic E-state index is 4.70. The van der Waals surface area contributed by atoms with Gasteiger partial charge in [-0.1, -0.05) is 0 Å². The number of rotatable bonds is 3. The van der Waals surface area contributed by atoms with E-state index in [1.807, 2.05) is 37.0 Å². The Morgan fingerprint density at radius 3 is 2.80 bits per heavy atom. The molecule has 1 saturated heterocycles. The smallest absolute Gasteiger partial charge is 0.159 e. The molecule has 1 aliphatic rings. The van der Waals surface area contributed by atoms with Crippen molar-refractivity contribution in [2.75, 3.05) is 13.1 Å². The van der Waals surface area contributed by atoms with Crippen molar-refractivity contribution in [2.45, 2.75) is 46.1 Å². The largest absolute Gasteiger partial charge is 0.298 e. The molecular formula is C19H24N6. The van der Waals surface area contributed by atoms with Crippen LogP contribution >= 0.6 is 0 Å². The molecule has 3 aromatic rings. The van der Waals surface area contributed by atoms with Gasteiger partial charge in [-0.25, -0.2) is 9.50 Å². The first kappa shape index (κ1) is 16.1. The quantitative estimate of drug-likeness (QED) is 0.736. The molecule has 0 N–H and O–H groups in total. The number of hydrogen-bond acceptors (Lipinski definition) is 5. The minimum Gasteiger partial charge on any atom is -0.298 e. The number of aryl methyl sites for hydroxylation is 3. The van der Waals surface area contributed by atoms with Crippen molar-refractivity contribution >= 4 is 5.65 Å². The van der Waals surface area contributed by atoms with E-state index in [0.29, 0.717) is 5.92 Å². The predicted molar refractivity (Wildman–Crippen MR) is 96.5 cm³/mol. The molecule has 6 nitrogen and oxygen atoms in total. The molecule has 1 unspecified atom stereocenters. The number of nitrogens with zero attached hydrogens (tertiary/aromatic N) is 6. The molecule has 0 radical (unpaired) electrons. The minimum absolute atomic E-state index is 0.458. The van der Waals surface area contributed by atoms with Crippen LogP contribution < -0.4 is 0 Å². The highest BCUT2D eigenvalue weighted by atomic mass is 15.3. The normalized spacial score (nSPS) is 18.8. The molecular weight excluding hydrogens is 312 g/mol. The topological polar surface area (TPSA) is 59.2 Å². The van der Waals surface area contributed by atoms with Gasteiger partial charge >= 0.3 is 0 Å². The second-order valence-corrected chi connectivity index (χ2v) is 7.10.